The van der Waals surface area contributed by atoms with Gasteiger partial charge < -0.3 is 20.1 Å². The summed E-state index contributed by atoms with van der Waals surface area (Å²) in [6.07, 6.45) is 5.30. The van der Waals surface area contributed by atoms with E-state index in [0.29, 0.717) is 11.4 Å². The molecule has 1 aliphatic carbocycles. The number of carbonyl (C=O) groups excluding carboxylic acids is 1. The number of rotatable bonds is 5. The molecule has 1 spiro atoms. The maximum absolute atomic E-state index is 12.2. The third kappa shape index (κ3) is 3.73. The van der Waals surface area contributed by atoms with Gasteiger partial charge in [-0.1, -0.05) is 29.5 Å². The van der Waals surface area contributed by atoms with Crippen LogP contribution in [0.25, 0.3) is 0 Å². The summed E-state index contributed by atoms with van der Waals surface area (Å²) >= 11 is 2.79. The molecule has 9 heteroatoms. The molecule has 0 radical (unpaired) electrons. The van der Waals surface area contributed by atoms with Crippen molar-refractivity contribution in [1.29, 1.82) is 0 Å². The molecule has 1 aromatic carbocycles. The van der Waals surface area contributed by atoms with E-state index in [4.69, 9.17) is 9.47 Å². The SMILES string of the molecule is CNc1nnc(SCC(=O)Nc2ccc3c(c2)OC2(CCCCC2)O3)s1. The molecule has 4 rings (SSSR count). The Morgan fingerprint density at radius 2 is 2.04 bits per heavy atom. The Hall–Kier alpha value is -2.00. The van der Waals surface area contributed by atoms with Gasteiger partial charge in [-0.3, -0.25) is 4.79 Å². The van der Waals surface area contributed by atoms with Crippen LogP contribution in [0.4, 0.5) is 10.8 Å². The Morgan fingerprint density at radius 3 is 2.81 bits per heavy atom. The molecule has 0 bridgehead atoms. The number of amides is 1. The minimum atomic E-state index is -0.498. The first kappa shape index (κ1) is 17.4. The maximum atomic E-state index is 12.2. The third-order valence-electron chi connectivity index (χ3n) is 4.38. The maximum Gasteiger partial charge on any atom is 0.251 e. The summed E-state index contributed by atoms with van der Waals surface area (Å²) in [6, 6.07) is 5.55. The fourth-order valence-electron chi connectivity index (χ4n) is 3.16. The second kappa shape index (κ2) is 7.32. The minimum absolute atomic E-state index is 0.0950. The predicted octanol–water partition coefficient (Wildman–Crippen LogP) is 3.74. The smallest absolute Gasteiger partial charge is 0.251 e. The van der Waals surface area contributed by atoms with Gasteiger partial charge in [0.05, 0.1) is 5.75 Å². The van der Waals surface area contributed by atoms with Gasteiger partial charge in [0.2, 0.25) is 11.0 Å². The van der Waals surface area contributed by atoms with Crippen LogP contribution < -0.4 is 20.1 Å². The van der Waals surface area contributed by atoms with Crippen LogP contribution >= 0.6 is 23.1 Å². The first-order valence-electron chi connectivity index (χ1n) is 8.62. The van der Waals surface area contributed by atoms with Gasteiger partial charge in [-0.05, 0) is 25.0 Å². The van der Waals surface area contributed by atoms with Crippen LogP contribution in [-0.2, 0) is 4.79 Å². The molecule has 2 N–H and O–H groups in total. The Kier molecular flexibility index (Phi) is 4.90. The van der Waals surface area contributed by atoms with Gasteiger partial charge in [0.15, 0.2) is 15.8 Å². The number of carbonyl (C=O) groups is 1. The number of nitrogens with one attached hydrogen (secondary N) is 2. The second-order valence-corrected chi connectivity index (χ2v) is 8.50. The lowest BCUT2D eigenvalue weighted by Gasteiger charge is -2.31. The summed E-state index contributed by atoms with van der Waals surface area (Å²) < 4.78 is 12.9. The Labute approximate surface area is 159 Å². The van der Waals surface area contributed by atoms with Crippen LogP contribution in [0.5, 0.6) is 11.5 Å². The molecule has 0 unspecified atom stereocenters. The van der Waals surface area contributed by atoms with Crippen molar-refractivity contribution >= 4 is 39.8 Å². The number of anilines is 2. The summed E-state index contributed by atoms with van der Waals surface area (Å²) in [5.41, 5.74) is 0.707. The van der Waals surface area contributed by atoms with E-state index in [2.05, 4.69) is 20.8 Å². The summed E-state index contributed by atoms with van der Waals surface area (Å²) in [5.74, 6) is 1.15. The fraction of sp³-hybridized carbons (Fsp3) is 0.471. The molecule has 1 fully saturated rings. The van der Waals surface area contributed by atoms with Crippen LogP contribution in [0.1, 0.15) is 32.1 Å². The van der Waals surface area contributed by atoms with Crippen molar-refractivity contribution in [2.45, 2.75) is 42.2 Å². The lowest BCUT2D eigenvalue weighted by molar-refractivity contribution is -0.113. The monoisotopic (exact) mass is 392 g/mol. The number of aromatic nitrogens is 2. The lowest BCUT2D eigenvalue weighted by Crippen LogP contribution is -2.40. The highest BCUT2D eigenvalue weighted by Crippen LogP contribution is 2.46. The molecular formula is C17H20N4O3S2. The van der Waals surface area contributed by atoms with Crippen molar-refractivity contribution in [2.75, 3.05) is 23.4 Å². The molecular weight excluding hydrogens is 372 g/mol. The van der Waals surface area contributed by atoms with Gasteiger partial charge in [0.25, 0.3) is 5.79 Å². The van der Waals surface area contributed by atoms with Gasteiger partial charge in [-0.15, -0.1) is 10.2 Å². The van der Waals surface area contributed by atoms with Gasteiger partial charge >= 0.3 is 0 Å². The van der Waals surface area contributed by atoms with Crippen LogP contribution in [0.15, 0.2) is 22.5 Å². The van der Waals surface area contributed by atoms with Crippen molar-refractivity contribution in [3.8, 4) is 11.5 Å². The Balaban J connectivity index is 1.34. The Bertz CT molecular complexity index is 805. The van der Waals surface area contributed by atoms with Crippen LogP contribution in [0, 0.1) is 0 Å². The number of ether oxygens (including phenoxy) is 2. The van der Waals surface area contributed by atoms with E-state index in [-0.39, 0.29) is 11.7 Å². The average Bonchev–Trinajstić information content (AvgIpc) is 3.24. The number of hydrogen-bond donors (Lipinski definition) is 2. The molecule has 2 aliphatic rings. The van der Waals surface area contributed by atoms with Gasteiger partial charge in [0, 0.05) is 31.6 Å². The van der Waals surface area contributed by atoms with E-state index >= 15 is 0 Å². The minimum Gasteiger partial charge on any atom is -0.448 e. The molecule has 0 atom stereocenters. The number of nitrogens with zero attached hydrogens (tertiary/aromatic N) is 2. The topological polar surface area (TPSA) is 85.4 Å². The lowest BCUT2D eigenvalue weighted by atomic mass is 9.94. The van der Waals surface area contributed by atoms with Crippen molar-refractivity contribution in [2.24, 2.45) is 0 Å². The van der Waals surface area contributed by atoms with Crippen molar-refractivity contribution in [3.63, 3.8) is 0 Å². The van der Waals surface area contributed by atoms with E-state index in [1.807, 2.05) is 18.2 Å². The highest BCUT2D eigenvalue weighted by molar-refractivity contribution is 8.01. The molecule has 1 amide bonds. The first-order valence-corrected chi connectivity index (χ1v) is 10.4. The van der Waals surface area contributed by atoms with Crippen molar-refractivity contribution in [3.05, 3.63) is 18.2 Å². The standard InChI is InChI=1S/C17H20N4O3S2/c1-18-15-20-21-16(26-15)25-10-14(22)19-11-5-6-12-13(9-11)24-17(23-12)7-3-2-4-8-17/h5-6,9H,2-4,7-8,10H2,1H3,(H,18,20)(H,19,22). The molecule has 0 saturated heterocycles. The molecule has 2 heterocycles. The summed E-state index contributed by atoms with van der Waals surface area (Å²) in [4.78, 5) is 12.2. The van der Waals surface area contributed by atoms with E-state index < -0.39 is 5.79 Å². The summed E-state index contributed by atoms with van der Waals surface area (Å²) in [6.45, 7) is 0. The van der Waals surface area contributed by atoms with Crippen molar-refractivity contribution < 1.29 is 14.3 Å². The first-order chi connectivity index (χ1) is 12.7. The number of thioether (sulfide) groups is 1. The van der Waals surface area contributed by atoms with E-state index in [1.165, 1.54) is 29.5 Å². The normalized spacial score (nSPS) is 17.3. The molecule has 2 aromatic rings. The van der Waals surface area contributed by atoms with Crippen molar-refractivity contribution in [1.82, 2.24) is 10.2 Å². The molecule has 7 nitrogen and oxygen atoms in total. The second-order valence-electron chi connectivity index (χ2n) is 6.30. The zero-order valence-corrected chi connectivity index (χ0v) is 16.0. The third-order valence-corrected chi connectivity index (χ3v) is 6.46. The van der Waals surface area contributed by atoms with E-state index in [0.717, 1.165) is 40.9 Å². The largest absolute Gasteiger partial charge is 0.448 e. The number of benzene rings is 1. The predicted molar refractivity (Wildman–Crippen MR) is 102 cm³/mol. The van der Waals surface area contributed by atoms with Gasteiger partial charge in [-0.25, -0.2) is 0 Å². The Morgan fingerprint density at radius 1 is 1.23 bits per heavy atom. The van der Waals surface area contributed by atoms with Gasteiger partial charge in [0.1, 0.15) is 0 Å². The van der Waals surface area contributed by atoms with E-state index in [1.54, 1.807) is 7.05 Å². The highest BCUT2D eigenvalue weighted by Gasteiger charge is 2.42. The summed E-state index contributed by atoms with van der Waals surface area (Å²) in [7, 11) is 1.79. The van der Waals surface area contributed by atoms with Crippen LogP contribution in [0.2, 0.25) is 0 Å². The zero-order valence-electron chi connectivity index (χ0n) is 14.4. The molecule has 1 aliphatic heterocycles. The van der Waals surface area contributed by atoms with Crippen LogP contribution in [0.3, 0.4) is 0 Å². The average molecular weight is 393 g/mol. The number of hydrogen-bond acceptors (Lipinski definition) is 8. The highest BCUT2D eigenvalue weighted by atomic mass is 32.2. The molecule has 1 saturated carbocycles. The molecule has 1 aromatic heterocycles. The quantitative estimate of drug-likeness (QED) is 0.750. The number of fused-ring (bicyclic) bond motifs is 1. The summed E-state index contributed by atoms with van der Waals surface area (Å²) in [5, 5.41) is 14.5. The zero-order chi connectivity index (χ0) is 18.0. The molecule has 26 heavy (non-hydrogen) atoms. The van der Waals surface area contributed by atoms with Crippen LogP contribution in [-0.4, -0.2) is 34.7 Å². The fourth-order valence-corrected chi connectivity index (χ4v) is 4.66. The van der Waals surface area contributed by atoms with E-state index in [9.17, 15) is 4.79 Å². The molecule has 138 valence electrons. The van der Waals surface area contributed by atoms with Gasteiger partial charge in [-0.2, -0.15) is 0 Å².